The molecule has 3 aromatic rings. The highest BCUT2D eigenvalue weighted by Gasteiger charge is 2.14. The predicted octanol–water partition coefficient (Wildman–Crippen LogP) is -1.40. The maximum absolute atomic E-state index is 12.2. The third-order valence-electron chi connectivity index (χ3n) is 3.01. The second-order valence-corrected chi connectivity index (χ2v) is 4.21. The van der Waals surface area contributed by atoms with Crippen molar-refractivity contribution in [3.8, 4) is 0 Å². The molecule has 3 heterocycles. The summed E-state index contributed by atoms with van der Waals surface area (Å²) in [7, 11) is 3.02. The van der Waals surface area contributed by atoms with Crippen LogP contribution in [0.5, 0.6) is 0 Å². The number of H-pyrrole nitrogens is 1. The van der Waals surface area contributed by atoms with Crippen LogP contribution in [0.2, 0.25) is 0 Å². The van der Waals surface area contributed by atoms with Crippen LogP contribution in [0.25, 0.3) is 11.2 Å². The smallest absolute Gasteiger partial charge is 0.318 e. The molecule has 0 unspecified atom stereocenters. The van der Waals surface area contributed by atoms with Gasteiger partial charge < -0.3 is 4.57 Å². The molecule has 3 rings (SSSR count). The molecule has 9 heteroatoms. The van der Waals surface area contributed by atoms with Crippen LogP contribution in [0.15, 0.2) is 22.1 Å². The summed E-state index contributed by atoms with van der Waals surface area (Å²) >= 11 is 0. The molecule has 98 valence electrons. The van der Waals surface area contributed by atoms with Crippen molar-refractivity contribution >= 4 is 11.2 Å². The average Bonchev–Trinajstić information content (AvgIpc) is 3.04. The Hall–Kier alpha value is -2.71. The summed E-state index contributed by atoms with van der Waals surface area (Å²) in [4.78, 5) is 28.1. The van der Waals surface area contributed by atoms with Gasteiger partial charge in [-0.2, -0.15) is 15.4 Å². The molecular weight excluding hydrogens is 250 g/mol. The summed E-state index contributed by atoms with van der Waals surface area (Å²) in [5.74, 6) is 0. The molecule has 0 saturated heterocycles. The Morgan fingerprint density at radius 2 is 2.05 bits per heavy atom. The first kappa shape index (κ1) is 11.4. The lowest BCUT2D eigenvalue weighted by molar-refractivity contribution is 0.700. The van der Waals surface area contributed by atoms with E-state index in [1.807, 2.05) is 0 Å². The highest BCUT2D eigenvalue weighted by molar-refractivity contribution is 5.70. The van der Waals surface area contributed by atoms with Crippen molar-refractivity contribution < 1.29 is 0 Å². The van der Waals surface area contributed by atoms with E-state index in [0.717, 1.165) is 4.57 Å². The molecule has 1 N–H and O–H groups in total. The largest absolute Gasteiger partial charge is 0.332 e. The fraction of sp³-hybridized carbons (Fsp3) is 0.300. The first-order valence-electron chi connectivity index (χ1n) is 5.55. The average molecular weight is 261 g/mol. The van der Waals surface area contributed by atoms with Crippen molar-refractivity contribution in [3.05, 3.63) is 39.1 Å². The monoisotopic (exact) mass is 261 g/mol. The first-order chi connectivity index (χ1) is 9.09. The van der Waals surface area contributed by atoms with Crippen molar-refractivity contribution in [2.24, 2.45) is 14.1 Å². The molecule has 0 bridgehead atoms. The van der Waals surface area contributed by atoms with Gasteiger partial charge in [0.1, 0.15) is 5.69 Å². The lowest BCUT2D eigenvalue weighted by Gasteiger charge is -2.05. The molecular formula is C10H11N7O2. The highest BCUT2D eigenvalue weighted by atomic mass is 16.2. The molecule has 0 amide bonds. The summed E-state index contributed by atoms with van der Waals surface area (Å²) < 4.78 is 4.05. The van der Waals surface area contributed by atoms with E-state index in [1.54, 1.807) is 17.8 Å². The topological polar surface area (TPSA) is 103 Å². The Morgan fingerprint density at radius 1 is 1.26 bits per heavy atom. The van der Waals surface area contributed by atoms with Crippen LogP contribution in [0, 0.1) is 0 Å². The molecule has 0 aliphatic carbocycles. The number of imidazole rings is 1. The van der Waals surface area contributed by atoms with E-state index in [-0.39, 0.29) is 5.56 Å². The van der Waals surface area contributed by atoms with Gasteiger partial charge in [0.05, 0.1) is 19.1 Å². The van der Waals surface area contributed by atoms with E-state index in [1.165, 1.54) is 17.9 Å². The Morgan fingerprint density at radius 3 is 2.74 bits per heavy atom. The second kappa shape index (κ2) is 3.90. The number of rotatable bonds is 2. The molecule has 0 radical (unpaired) electrons. The summed E-state index contributed by atoms with van der Waals surface area (Å²) in [6, 6.07) is 0. The fourth-order valence-corrected chi connectivity index (χ4v) is 1.99. The zero-order chi connectivity index (χ0) is 13.6. The van der Waals surface area contributed by atoms with Crippen molar-refractivity contribution in [2.45, 2.75) is 6.54 Å². The Balaban J connectivity index is 2.29. The molecule has 0 atom stereocenters. The van der Waals surface area contributed by atoms with Gasteiger partial charge in [-0.15, -0.1) is 0 Å². The van der Waals surface area contributed by atoms with Crippen LogP contribution in [0.1, 0.15) is 5.69 Å². The molecule has 0 aliphatic heterocycles. The van der Waals surface area contributed by atoms with Crippen LogP contribution < -0.4 is 11.2 Å². The third-order valence-corrected chi connectivity index (χ3v) is 3.01. The summed E-state index contributed by atoms with van der Waals surface area (Å²) in [6.07, 6.45) is 3.08. The van der Waals surface area contributed by atoms with Crippen LogP contribution in [0.3, 0.4) is 0 Å². The number of aromatic nitrogens is 7. The van der Waals surface area contributed by atoms with E-state index in [2.05, 4.69) is 20.4 Å². The van der Waals surface area contributed by atoms with Gasteiger partial charge in [0, 0.05) is 14.1 Å². The number of hydrogen-bond acceptors (Lipinski definition) is 5. The second-order valence-electron chi connectivity index (χ2n) is 4.21. The van der Waals surface area contributed by atoms with Gasteiger partial charge in [0.15, 0.2) is 11.2 Å². The number of nitrogens with zero attached hydrogens (tertiary/aromatic N) is 6. The molecule has 3 aromatic heterocycles. The lowest BCUT2D eigenvalue weighted by Crippen LogP contribution is -2.37. The van der Waals surface area contributed by atoms with Crippen molar-refractivity contribution in [2.75, 3.05) is 0 Å². The maximum atomic E-state index is 12.2. The maximum Gasteiger partial charge on any atom is 0.332 e. The van der Waals surface area contributed by atoms with Gasteiger partial charge in [-0.25, -0.2) is 9.78 Å². The molecule has 0 aromatic carbocycles. The van der Waals surface area contributed by atoms with Gasteiger partial charge in [-0.3, -0.25) is 13.9 Å². The van der Waals surface area contributed by atoms with Crippen molar-refractivity contribution in [3.63, 3.8) is 0 Å². The number of fused-ring (bicyclic) bond motifs is 1. The molecule has 0 fully saturated rings. The van der Waals surface area contributed by atoms with Gasteiger partial charge >= 0.3 is 5.69 Å². The summed E-state index contributed by atoms with van der Waals surface area (Å²) in [5.41, 5.74) is 0.627. The van der Waals surface area contributed by atoms with Gasteiger partial charge in [-0.1, -0.05) is 0 Å². The number of hydrogen-bond donors (Lipinski definition) is 1. The van der Waals surface area contributed by atoms with Crippen LogP contribution in [-0.4, -0.2) is 34.1 Å². The SMILES string of the molecule is Cn1c(=O)c2c(ncn2Cc2cn[nH]n2)n(C)c1=O. The van der Waals surface area contributed by atoms with Crippen molar-refractivity contribution in [1.29, 1.82) is 0 Å². The Kier molecular flexibility index (Phi) is 2.34. The van der Waals surface area contributed by atoms with E-state index in [0.29, 0.717) is 23.4 Å². The Bertz CT molecular complexity index is 853. The number of nitrogens with one attached hydrogen (secondary N) is 1. The van der Waals surface area contributed by atoms with E-state index in [4.69, 9.17) is 0 Å². The van der Waals surface area contributed by atoms with Crippen molar-refractivity contribution in [1.82, 2.24) is 34.1 Å². The minimum atomic E-state index is -0.399. The minimum absolute atomic E-state index is 0.358. The zero-order valence-electron chi connectivity index (χ0n) is 10.4. The third kappa shape index (κ3) is 1.58. The molecule has 19 heavy (non-hydrogen) atoms. The summed E-state index contributed by atoms with van der Waals surface area (Å²) in [5, 5.41) is 10.1. The van der Waals surface area contributed by atoms with E-state index < -0.39 is 5.69 Å². The number of aryl methyl sites for hydroxylation is 1. The minimum Gasteiger partial charge on any atom is -0.318 e. The van der Waals surface area contributed by atoms with Gasteiger partial charge in [0.25, 0.3) is 5.56 Å². The zero-order valence-corrected chi connectivity index (χ0v) is 10.4. The van der Waals surface area contributed by atoms with Crippen LogP contribution >= 0.6 is 0 Å². The molecule has 0 spiro atoms. The first-order valence-corrected chi connectivity index (χ1v) is 5.55. The quantitative estimate of drug-likeness (QED) is 0.611. The van der Waals surface area contributed by atoms with Crippen LogP contribution in [0.4, 0.5) is 0 Å². The molecule has 0 aliphatic rings. The highest BCUT2D eigenvalue weighted by Crippen LogP contribution is 2.07. The van der Waals surface area contributed by atoms with E-state index >= 15 is 0 Å². The predicted molar refractivity (Wildman–Crippen MR) is 65.7 cm³/mol. The molecule has 0 saturated carbocycles. The normalized spacial score (nSPS) is 11.3. The fourth-order valence-electron chi connectivity index (χ4n) is 1.99. The van der Waals surface area contributed by atoms with Crippen LogP contribution in [-0.2, 0) is 20.6 Å². The summed E-state index contributed by atoms with van der Waals surface area (Å²) in [6.45, 7) is 0.362. The van der Waals surface area contributed by atoms with E-state index in [9.17, 15) is 9.59 Å². The Labute approximate surface area is 106 Å². The van der Waals surface area contributed by atoms with Gasteiger partial charge in [-0.05, 0) is 0 Å². The standard InChI is InChI=1S/C10H11N7O2/c1-15-8-7(9(18)16(2)10(15)19)17(5-11-8)4-6-3-12-14-13-6/h3,5H,4H2,1-2H3,(H,12,13,14). The number of aromatic amines is 1. The van der Waals surface area contributed by atoms with Gasteiger partial charge in [0.2, 0.25) is 0 Å². The molecule has 9 nitrogen and oxygen atoms in total. The lowest BCUT2D eigenvalue weighted by atomic mass is 10.4.